The smallest absolute Gasteiger partial charge is 0.167 e. The highest BCUT2D eigenvalue weighted by atomic mass is 32.1. The Kier molecular flexibility index (Phi) is 3.93. The van der Waals surface area contributed by atoms with Crippen molar-refractivity contribution in [2.45, 2.75) is 51.1 Å². The lowest BCUT2D eigenvalue weighted by Gasteiger charge is -2.25. The van der Waals surface area contributed by atoms with E-state index in [2.05, 4.69) is 31.1 Å². The van der Waals surface area contributed by atoms with Gasteiger partial charge in [0.25, 0.3) is 0 Å². The summed E-state index contributed by atoms with van der Waals surface area (Å²) in [6, 6.07) is 0.579. The zero-order valence-electron chi connectivity index (χ0n) is 9.10. The molecule has 3 heteroatoms. The first-order valence-corrected chi connectivity index (χ1v) is 5.66. The van der Waals surface area contributed by atoms with Crippen LogP contribution in [0.15, 0.2) is 12.7 Å². The van der Waals surface area contributed by atoms with E-state index in [9.17, 15) is 0 Å². The van der Waals surface area contributed by atoms with Crippen LogP contribution in [0, 0.1) is 0 Å². The summed E-state index contributed by atoms with van der Waals surface area (Å²) >= 11 is 5.24. The first-order chi connectivity index (χ1) is 6.53. The van der Waals surface area contributed by atoms with Gasteiger partial charge < -0.3 is 10.6 Å². The molecule has 1 rings (SSSR count). The van der Waals surface area contributed by atoms with Crippen LogP contribution in [-0.4, -0.2) is 16.7 Å². The monoisotopic (exact) mass is 212 g/mol. The van der Waals surface area contributed by atoms with Crippen LogP contribution in [0.25, 0.3) is 0 Å². The summed E-state index contributed by atoms with van der Waals surface area (Å²) in [6.45, 7) is 7.88. The van der Waals surface area contributed by atoms with E-state index >= 15 is 0 Å². The van der Waals surface area contributed by atoms with Crippen LogP contribution in [0.5, 0.6) is 0 Å². The Morgan fingerprint density at radius 1 is 1.43 bits per heavy atom. The van der Waals surface area contributed by atoms with Crippen molar-refractivity contribution < 1.29 is 0 Å². The van der Waals surface area contributed by atoms with Crippen LogP contribution < -0.4 is 10.6 Å². The van der Waals surface area contributed by atoms with Crippen molar-refractivity contribution in [3.63, 3.8) is 0 Å². The maximum atomic E-state index is 5.24. The van der Waals surface area contributed by atoms with Crippen LogP contribution in [-0.2, 0) is 0 Å². The Hall–Kier alpha value is -0.570. The normalized spacial score (nSPS) is 17.9. The van der Waals surface area contributed by atoms with Gasteiger partial charge in [-0.05, 0) is 38.9 Å². The SMILES string of the molecule is C=CC(C)(C)NC(=S)NC1CCCC1. The molecule has 1 aliphatic rings. The molecule has 80 valence electrons. The molecule has 0 heterocycles. The summed E-state index contributed by atoms with van der Waals surface area (Å²) in [4.78, 5) is 0. The molecule has 0 spiro atoms. The highest BCUT2D eigenvalue weighted by Crippen LogP contribution is 2.17. The predicted octanol–water partition coefficient (Wildman–Crippen LogP) is 2.36. The summed E-state index contributed by atoms with van der Waals surface area (Å²) in [5.74, 6) is 0. The summed E-state index contributed by atoms with van der Waals surface area (Å²) < 4.78 is 0. The lowest BCUT2D eigenvalue weighted by atomic mass is 10.1. The van der Waals surface area contributed by atoms with Gasteiger partial charge in [0.1, 0.15) is 0 Å². The maximum Gasteiger partial charge on any atom is 0.167 e. The minimum absolute atomic E-state index is 0.122. The molecule has 2 nitrogen and oxygen atoms in total. The highest BCUT2D eigenvalue weighted by molar-refractivity contribution is 7.80. The molecule has 0 aliphatic heterocycles. The molecule has 0 atom stereocenters. The van der Waals surface area contributed by atoms with Gasteiger partial charge in [-0.15, -0.1) is 6.58 Å². The number of hydrogen-bond donors (Lipinski definition) is 2. The van der Waals surface area contributed by atoms with Gasteiger partial charge in [0, 0.05) is 6.04 Å². The Bertz CT molecular complexity index is 217. The lowest BCUT2D eigenvalue weighted by molar-refractivity contribution is 0.549. The van der Waals surface area contributed by atoms with Gasteiger partial charge in [-0.1, -0.05) is 18.9 Å². The third-order valence-corrected chi connectivity index (χ3v) is 2.86. The van der Waals surface area contributed by atoms with Gasteiger partial charge in [-0.3, -0.25) is 0 Å². The topological polar surface area (TPSA) is 24.1 Å². The van der Waals surface area contributed by atoms with E-state index in [-0.39, 0.29) is 5.54 Å². The molecular formula is C11H20N2S. The summed E-state index contributed by atoms with van der Waals surface area (Å²) in [5.41, 5.74) is -0.122. The second-order valence-corrected chi connectivity index (χ2v) is 4.91. The number of hydrogen-bond acceptors (Lipinski definition) is 1. The third kappa shape index (κ3) is 3.66. The molecule has 1 saturated carbocycles. The molecule has 1 fully saturated rings. The van der Waals surface area contributed by atoms with Gasteiger partial charge in [0.05, 0.1) is 5.54 Å². The fraction of sp³-hybridized carbons (Fsp3) is 0.727. The molecule has 0 aromatic heterocycles. The second kappa shape index (κ2) is 4.78. The Morgan fingerprint density at radius 2 is 2.00 bits per heavy atom. The van der Waals surface area contributed by atoms with E-state index in [0.29, 0.717) is 6.04 Å². The number of thiocarbonyl (C=S) groups is 1. The molecule has 14 heavy (non-hydrogen) atoms. The average Bonchev–Trinajstić information content (AvgIpc) is 2.55. The van der Waals surface area contributed by atoms with E-state index in [1.54, 1.807) is 0 Å². The van der Waals surface area contributed by atoms with Crippen molar-refractivity contribution >= 4 is 17.3 Å². The molecule has 0 aromatic carbocycles. The molecule has 0 saturated heterocycles. The van der Waals surface area contributed by atoms with Crippen LogP contribution >= 0.6 is 12.2 Å². The van der Waals surface area contributed by atoms with Crippen molar-refractivity contribution in [2.75, 3.05) is 0 Å². The quantitative estimate of drug-likeness (QED) is 0.555. The molecular weight excluding hydrogens is 192 g/mol. The standard InChI is InChI=1S/C11H20N2S/c1-4-11(2,3)13-10(14)12-9-7-5-6-8-9/h4,9H,1,5-8H2,2-3H3,(H2,12,13,14). The van der Waals surface area contributed by atoms with E-state index < -0.39 is 0 Å². The fourth-order valence-corrected chi connectivity index (χ4v) is 2.06. The lowest BCUT2D eigenvalue weighted by Crippen LogP contribution is -2.49. The minimum Gasteiger partial charge on any atom is -0.360 e. The van der Waals surface area contributed by atoms with Crippen molar-refractivity contribution in [1.82, 2.24) is 10.6 Å². The molecule has 2 N–H and O–H groups in total. The molecule has 0 bridgehead atoms. The van der Waals surface area contributed by atoms with Gasteiger partial charge in [0.15, 0.2) is 5.11 Å². The Labute approximate surface area is 92.2 Å². The second-order valence-electron chi connectivity index (χ2n) is 4.51. The van der Waals surface area contributed by atoms with Gasteiger partial charge >= 0.3 is 0 Å². The van der Waals surface area contributed by atoms with E-state index in [0.717, 1.165) is 5.11 Å². The van der Waals surface area contributed by atoms with Crippen molar-refractivity contribution in [3.05, 3.63) is 12.7 Å². The molecule has 0 aromatic rings. The van der Waals surface area contributed by atoms with E-state index in [4.69, 9.17) is 12.2 Å². The predicted molar refractivity (Wildman–Crippen MR) is 65.4 cm³/mol. The summed E-state index contributed by atoms with van der Waals surface area (Å²) in [6.07, 6.45) is 7.01. The molecule has 0 unspecified atom stereocenters. The molecule has 0 radical (unpaired) electrons. The van der Waals surface area contributed by atoms with E-state index in [1.807, 2.05) is 6.08 Å². The van der Waals surface area contributed by atoms with Crippen molar-refractivity contribution in [2.24, 2.45) is 0 Å². The Morgan fingerprint density at radius 3 is 2.50 bits per heavy atom. The number of nitrogens with one attached hydrogen (secondary N) is 2. The third-order valence-electron chi connectivity index (χ3n) is 2.64. The van der Waals surface area contributed by atoms with Crippen LogP contribution in [0.2, 0.25) is 0 Å². The average molecular weight is 212 g/mol. The van der Waals surface area contributed by atoms with E-state index in [1.165, 1.54) is 25.7 Å². The first-order valence-electron chi connectivity index (χ1n) is 5.26. The van der Waals surface area contributed by atoms with Crippen LogP contribution in [0.1, 0.15) is 39.5 Å². The minimum atomic E-state index is -0.122. The van der Waals surface area contributed by atoms with Gasteiger partial charge in [-0.25, -0.2) is 0 Å². The zero-order valence-corrected chi connectivity index (χ0v) is 9.91. The fourth-order valence-electron chi connectivity index (χ4n) is 1.64. The molecule has 0 amide bonds. The van der Waals surface area contributed by atoms with Crippen LogP contribution in [0.4, 0.5) is 0 Å². The largest absolute Gasteiger partial charge is 0.360 e. The maximum absolute atomic E-state index is 5.24. The van der Waals surface area contributed by atoms with Gasteiger partial charge in [-0.2, -0.15) is 0 Å². The Balaban J connectivity index is 2.31. The van der Waals surface area contributed by atoms with Crippen LogP contribution in [0.3, 0.4) is 0 Å². The molecule has 1 aliphatic carbocycles. The zero-order chi connectivity index (χ0) is 10.6. The number of rotatable bonds is 3. The first kappa shape index (κ1) is 11.5. The van der Waals surface area contributed by atoms with Crippen molar-refractivity contribution in [1.29, 1.82) is 0 Å². The highest BCUT2D eigenvalue weighted by Gasteiger charge is 2.18. The summed E-state index contributed by atoms with van der Waals surface area (Å²) in [7, 11) is 0. The van der Waals surface area contributed by atoms with Gasteiger partial charge in [0.2, 0.25) is 0 Å². The summed E-state index contributed by atoms with van der Waals surface area (Å²) in [5, 5.41) is 7.33. The van der Waals surface area contributed by atoms with Crippen molar-refractivity contribution in [3.8, 4) is 0 Å².